The largest absolute Gasteiger partial charge is 0.494 e. The monoisotopic (exact) mass is 503 g/mol. The van der Waals surface area contributed by atoms with Gasteiger partial charge in [-0.2, -0.15) is 5.10 Å². The highest BCUT2D eigenvalue weighted by atomic mass is 16.5. The van der Waals surface area contributed by atoms with Crippen molar-refractivity contribution in [3.05, 3.63) is 83.4 Å². The molecule has 8 nitrogen and oxygen atoms in total. The molecule has 3 aromatic rings. The van der Waals surface area contributed by atoms with Gasteiger partial charge in [-0.25, -0.2) is 5.43 Å². The molecule has 0 unspecified atom stereocenters. The molecule has 0 aliphatic rings. The van der Waals surface area contributed by atoms with Gasteiger partial charge < -0.3 is 19.5 Å². The number of ether oxygens (including phenoxy) is 3. The van der Waals surface area contributed by atoms with Crippen molar-refractivity contribution >= 4 is 23.7 Å². The van der Waals surface area contributed by atoms with Crippen LogP contribution in [-0.2, 0) is 16.2 Å². The third kappa shape index (κ3) is 9.33. The lowest BCUT2D eigenvalue weighted by Crippen LogP contribution is -2.20. The number of aryl methyl sites for hydroxylation is 1. The molecule has 0 aliphatic carbocycles. The average Bonchev–Trinajstić information content (AvgIpc) is 2.89. The number of carbonyl (C=O) groups is 2. The maximum atomic E-state index is 12.1. The van der Waals surface area contributed by atoms with E-state index in [0.717, 1.165) is 16.9 Å². The van der Waals surface area contributed by atoms with Crippen LogP contribution in [0.5, 0.6) is 17.2 Å². The second-order valence-electron chi connectivity index (χ2n) is 8.21. The third-order valence-corrected chi connectivity index (χ3v) is 5.21. The smallest absolute Gasteiger partial charge is 0.240 e. The predicted octanol–water partition coefficient (Wildman–Crippen LogP) is 5.24. The summed E-state index contributed by atoms with van der Waals surface area (Å²) in [5.41, 5.74) is 6.09. The van der Waals surface area contributed by atoms with Gasteiger partial charge in [0.2, 0.25) is 11.8 Å². The number of anilines is 1. The molecular weight excluding hydrogens is 470 g/mol. The lowest BCUT2D eigenvalue weighted by Gasteiger charge is -2.12. The Labute approximate surface area is 217 Å². The standard InChI is InChI=1S/C29H33N3O5/c1-4-35-25-13-11-24(12-14-25)31-28(33)16-17-29(34)32-30-19-23-10-15-26(27(18-23)36-5-2)37-20-22-8-6-21(3)7-9-22/h6-15,18-19H,4-5,16-17,20H2,1-3H3,(H,31,33)(H,32,34). The Kier molecular flexibility index (Phi) is 10.5. The maximum Gasteiger partial charge on any atom is 0.240 e. The third-order valence-electron chi connectivity index (χ3n) is 5.21. The molecule has 0 aliphatic heterocycles. The van der Waals surface area contributed by atoms with E-state index in [1.54, 1.807) is 30.3 Å². The molecule has 0 fully saturated rings. The normalized spacial score (nSPS) is 10.7. The maximum absolute atomic E-state index is 12.1. The van der Waals surface area contributed by atoms with Crippen molar-refractivity contribution in [2.24, 2.45) is 5.10 Å². The number of nitrogens with one attached hydrogen (secondary N) is 2. The minimum absolute atomic E-state index is 0.0101. The van der Waals surface area contributed by atoms with E-state index >= 15 is 0 Å². The molecule has 8 heteroatoms. The van der Waals surface area contributed by atoms with Crippen molar-refractivity contribution in [1.29, 1.82) is 0 Å². The summed E-state index contributed by atoms with van der Waals surface area (Å²) in [5.74, 6) is 1.33. The molecule has 0 aromatic heterocycles. The van der Waals surface area contributed by atoms with Gasteiger partial charge in [0.1, 0.15) is 12.4 Å². The summed E-state index contributed by atoms with van der Waals surface area (Å²) in [6, 6.07) is 20.7. The van der Waals surface area contributed by atoms with Gasteiger partial charge in [-0.3, -0.25) is 9.59 Å². The van der Waals surface area contributed by atoms with Crippen LogP contribution in [0.1, 0.15) is 43.4 Å². The Bertz CT molecular complexity index is 1190. The first-order chi connectivity index (χ1) is 18.0. The van der Waals surface area contributed by atoms with Gasteiger partial charge in [-0.05, 0) is 74.4 Å². The number of nitrogens with zero attached hydrogens (tertiary/aromatic N) is 1. The van der Waals surface area contributed by atoms with Gasteiger partial charge in [-0.1, -0.05) is 29.8 Å². The van der Waals surface area contributed by atoms with Gasteiger partial charge in [-0.15, -0.1) is 0 Å². The second-order valence-corrected chi connectivity index (χ2v) is 8.21. The van der Waals surface area contributed by atoms with Crippen LogP contribution < -0.4 is 25.0 Å². The van der Waals surface area contributed by atoms with Gasteiger partial charge in [0.15, 0.2) is 11.5 Å². The minimum atomic E-state index is -0.360. The first-order valence-corrected chi connectivity index (χ1v) is 12.3. The fraction of sp³-hybridized carbons (Fsp3) is 0.276. The number of benzene rings is 3. The summed E-state index contributed by atoms with van der Waals surface area (Å²) < 4.78 is 17.0. The van der Waals surface area contributed by atoms with Crippen LogP contribution >= 0.6 is 0 Å². The van der Waals surface area contributed by atoms with Crippen LogP contribution in [0.25, 0.3) is 0 Å². The van der Waals surface area contributed by atoms with Crippen molar-refractivity contribution in [3.8, 4) is 17.2 Å². The molecule has 3 aromatic carbocycles. The molecule has 0 atom stereocenters. The number of carbonyl (C=O) groups excluding carboxylic acids is 2. The Morgan fingerprint density at radius 2 is 1.51 bits per heavy atom. The lowest BCUT2D eigenvalue weighted by molar-refractivity contribution is -0.124. The summed E-state index contributed by atoms with van der Waals surface area (Å²) in [5, 5.41) is 6.75. The topological polar surface area (TPSA) is 98.2 Å². The fourth-order valence-corrected chi connectivity index (χ4v) is 3.32. The van der Waals surface area contributed by atoms with E-state index < -0.39 is 0 Å². The molecule has 0 saturated carbocycles. The first kappa shape index (κ1) is 27.3. The van der Waals surface area contributed by atoms with Gasteiger partial charge in [0, 0.05) is 18.5 Å². The molecule has 0 bridgehead atoms. The summed E-state index contributed by atoms with van der Waals surface area (Å²) in [6.07, 6.45) is 1.57. The van der Waals surface area contributed by atoms with Gasteiger partial charge in [0.25, 0.3) is 0 Å². The van der Waals surface area contributed by atoms with Crippen LogP contribution in [0, 0.1) is 6.92 Å². The highest BCUT2D eigenvalue weighted by molar-refractivity contribution is 5.93. The molecule has 3 rings (SSSR count). The Morgan fingerprint density at radius 3 is 2.22 bits per heavy atom. The number of amides is 2. The van der Waals surface area contributed by atoms with Gasteiger partial charge in [0.05, 0.1) is 19.4 Å². The number of hydrogen-bond acceptors (Lipinski definition) is 6. The second kappa shape index (κ2) is 14.3. The van der Waals surface area contributed by atoms with Crippen molar-refractivity contribution in [2.75, 3.05) is 18.5 Å². The molecule has 37 heavy (non-hydrogen) atoms. The highest BCUT2D eigenvalue weighted by Gasteiger charge is 2.09. The molecule has 0 radical (unpaired) electrons. The molecule has 2 amide bonds. The Hall–Kier alpha value is -4.33. The molecule has 194 valence electrons. The Morgan fingerprint density at radius 1 is 0.811 bits per heavy atom. The summed E-state index contributed by atoms with van der Waals surface area (Å²) in [4.78, 5) is 24.2. The van der Waals surface area contributed by atoms with E-state index in [9.17, 15) is 9.59 Å². The van der Waals surface area contributed by atoms with E-state index in [0.29, 0.717) is 37.0 Å². The SMILES string of the molecule is CCOc1ccc(NC(=O)CCC(=O)NN=Cc2ccc(OCc3ccc(C)cc3)c(OCC)c2)cc1. The van der Waals surface area contributed by atoms with E-state index in [4.69, 9.17) is 14.2 Å². The molecule has 0 heterocycles. The Balaban J connectivity index is 1.46. The van der Waals surface area contributed by atoms with Crippen LogP contribution in [-0.4, -0.2) is 31.2 Å². The van der Waals surface area contributed by atoms with E-state index in [-0.39, 0.29) is 24.7 Å². The molecule has 2 N–H and O–H groups in total. The zero-order chi connectivity index (χ0) is 26.5. The average molecular weight is 504 g/mol. The van der Waals surface area contributed by atoms with Crippen molar-refractivity contribution in [3.63, 3.8) is 0 Å². The van der Waals surface area contributed by atoms with Crippen LogP contribution in [0.2, 0.25) is 0 Å². The first-order valence-electron chi connectivity index (χ1n) is 12.3. The molecule has 0 spiro atoms. The number of rotatable bonds is 13. The van der Waals surface area contributed by atoms with Crippen LogP contribution in [0.15, 0.2) is 71.8 Å². The van der Waals surface area contributed by atoms with Gasteiger partial charge >= 0.3 is 0 Å². The molecular formula is C29H33N3O5. The predicted molar refractivity (Wildman–Crippen MR) is 144 cm³/mol. The quantitative estimate of drug-likeness (QED) is 0.246. The van der Waals surface area contributed by atoms with Crippen LogP contribution in [0.4, 0.5) is 5.69 Å². The fourth-order valence-electron chi connectivity index (χ4n) is 3.32. The number of hydrogen-bond donors (Lipinski definition) is 2. The van der Waals surface area contributed by atoms with E-state index in [1.807, 2.05) is 57.2 Å². The highest BCUT2D eigenvalue weighted by Crippen LogP contribution is 2.29. The lowest BCUT2D eigenvalue weighted by atomic mass is 10.2. The van der Waals surface area contributed by atoms with Crippen molar-refractivity contribution in [1.82, 2.24) is 5.43 Å². The van der Waals surface area contributed by atoms with E-state index in [2.05, 4.69) is 15.8 Å². The van der Waals surface area contributed by atoms with Crippen molar-refractivity contribution in [2.45, 2.75) is 40.2 Å². The van der Waals surface area contributed by atoms with Crippen LogP contribution in [0.3, 0.4) is 0 Å². The number of hydrazone groups is 1. The van der Waals surface area contributed by atoms with E-state index in [1.165, 1.54) is 11.8 Å². The molecule has 0 saturated heterocycles. The zero-order valence-electron chi connectivity index (χ0n) is 21.5. The summed E-state index contributed by atoms with van der Waals surface area (Å²) in [7, 11) is 0. The summed E-state index contributed by atoms with van der Waals surface area (Å²) in [6.45, 7) is 7.33. The minimum Gasteiger partial charge on any atom is -0.494 e. The van der Waals surface area contributed by atoms with Crippen molar-refractivity contribution < 1.29 is 23.8 Å². The zero-order valence-corrected chi connectivity index (χ0v) is 21.5. The summed E-state index contributed by atoms with van der Waals surface area (Å²) >= 11 is 0.